The van der Waals surface area contributed by atoms with E-state index in [1.54, 1.807) is 12.1 Å². The zero-order valence-corrected chi connectivity index (χ0v) is 13.0. The van der Waals surface area contributed by atoms with Crippen LogP contribution < -0.4 is 15.0 Å². The van der Waals surface area contributed by atoms with Gasteiger partial charge >= 0.3 is 6.61 Å². The maximum atomic E-state index is 12.1. The lowest BCUT2D eigenvalue weighted by atomic mass is 10.2. The molecule has 1 heterocycles. The number of ether oxygens (including phenoxy) is 2. The van der Waals surface area contributed by atoms with Gasteiger partial charge in [0, 0.05) is 5.56 Å². The Morgan fingerprint density at radius 1 is 1.04 bits per heavy atom. The molecule has 0 unspecified atom stereocenters. The lowest BCUT2D eigenvalue weighted by molar-refractivity contribution is -0.0498. The first kappa shape index (κ1) is 16.6. The maximum absolute atomic E-state index is 12.1. The van der Waals surface area contributed by atoms with Crippen LogP contribution in [0.1, 0.15) is 5.56 Å². The van der Waals surface area contributed by atoms with E-state index in [0.717, 1.165) is 11.1 Å². The van der Waals surface area contributed by atoms with E-state index in [9.17, 15) is 13.6 Å². The number of aromatic nitrogens is 2. The van der Waals surface area contributed by atoms with Gasteiger partial charge in [-0.25, -0.2) is 0 Å². The molecule has 1 aromatic heterocycles. The van der Waals surface area contributed by atoms with Crippen LogP contribution in [0, 0.1) is 0 Å². The fourth-order valence-corrected chi connectivity index (χ4v) is 2.17. The summed E-state index contributed by atoms with van der Waals surface area (Å²) in [6.07, 6.45) is 0. The minimum Gasteiger partial charge on any atom is -0.473 e. The van der Waals surface area contributed by atoms with Crippen molar-refractivity contribution in [3.63, 3.8) is 0 Å². The van der Waals surface area contributed by atoms with Crippen molar-refractivity contribution in [1.82, 2.24) is 9.97 Å². The Kier molecular flexibility index (Phi) is 5.03. The molecule has 0 radical (unpaired) electrons. The molecule has 0 aliphatic rings. The Morgan fingerprint density at radius 3 is 2.44 bits per heavy atom. The van der Waals surface area contributed by atoms with Crippen molar-refractivity contribution in [2.24, 2.45) is 0 Å². The third kappa shape index (κ3) is 4.63. The second-order valence-corrected chi connectivity index (χ2v) is 5.11. The Bertz CT molecular complexity index is 881. The van der Waals surface area contributed by atoms with Gasteiger partial charge in [-0.05, 0) is 17.7 Å². The lowest BCUT2D eigenvalue weighted by Gasteiger charge is -2.08. The molecule has 1 N–H and O–H groups in total. The summed E-state index contributed by atoms with van der Waals surface area (Å²) in [6.45, 7) is -2.72. The molecule has 0 amide bonds. The summed E-state index contributed by atoms with van der Waals surface area (Å²) in [5.41, 5.74) is 1.16. The largest absolute Gasteiger partial charge is 0.473 e. The Morgan fingerprint density at radius 2 is 1.76 bits per heavy atom. The quantitative estimate of drug-likeness (QED) is 0.742. The molecule has 0 aliphatic heterocycles. The third-order valence-electron chi connectivity index (χ3n) is 3.30. The highest BCUT2D eigenvalue weighted by atomic mass is 19.3. The average Bonchev–Trinajstić information content (AvgIpc) is 2.61. The predicted octanol–water partition coefficient (Wildman–Crippen LogP) is 3.62. The number of alkyl halides is 2. The normalized spacial score (nSPS) is 10.7. The number of hydrogen-bond acceptors (Lipinski definition) is 4. The molecule has 0 saturated heterocycles. The van der Waals surface area contributed by atoms with E-state index < -0.39 is 6.61 Å². The van der Waals surface area contributed by atoms with Gasteiger partial charge in [0.25, 0.3) is 5.56 Å². The second-order valence-electron chi connectivity index (χ2n) is 5.11. The first-order chi connectivity index (χ1) is 12.1. The van der Waals surface area contributed by atoms with Crippen LogP contribution in [-0.2, 0) is 6.61 Å². The molecular formula is C18H14F2N2O3. The first-order valence-electron chi connectivity index (χ1n) is 7.43. The van der Waals surface area contributed by atoms with E-state index in [2.05, 4.69) is 14.7 Å². The fraction of sp³-hybridized carbons (Fsp3) is 0.111. The second kappa shape index (κ2) is 7.57. The van der Waals surface area contributed by atoms with Crippen LogP contribution in [-0.4, -0.2) is 16.6 Å². The number of H-pyrrole nitrogens is 1. The van der Waals surface area contributed by atoms with Crippen molar-refractivity contribution in [1.29, 1.82) is 0 Å². The average molecular weight is 344 g/mol. The van der Waals surface area contributed by atoms with Gasteiger partial charge < -0.3 is 14.5 Å². The van der Waals surface area contributed by atoms with Crippen molar-refractivity contribution in [3.8, 4) is 23.0 Å². The van der Waals surface area contributed by atoms with Gasteiger partial charge in [0.2, 0.25) is 5.88 Å². The van der Waals surface area contributed by atoms with Crippen LogP contribution in [0.5, 0.6) is 11.6 Å². The SMILES string of the molecule is O=c1cc(OCc2ccc(OC(F)F)cc2)nc(-c2ccccc2)[nH]1. The highest BCUT2D eigenvalue weighted by Gasteiger charge is 2.06. The van der Waals surface area contributed by atoms with E-state index in [0.29, 0.717) is 5.82 Å². The monoisotopic (exact) mass is 344 g/mol. The Labute approximate surface area is 141 Å². The maximum Gasteiger partial charge on any atom is 0.387 e. The van der Waals surface area contributed by atoms with Crippen LogP contribution in [0.15, 0.2) is 65.5 Å². The number of benzene rings is 2. The topological polar surface area (TPSA) is 64.2 Å². The van der Waals surface area contributed by atoms with Gasteiger partial charge in [0.15, 0.2) is 0 Å². The third-order valence-corrected chi connectivity index (χ3v) is 3.30. The van der Waals surface area contributed by atoms with E-state index in [4.69, 9.17) is 4.74 Å². The number of nitrogens with one attached hydrogen (secondary N) is 1. The summed E-state index contributed by atoms with van der Waals surface area (Å²) in [4.78, 5) is 18.7. The van der Waals surface area contributed by atoms with Crippen LogP contribution in [0.2, 0.25) is 0 Å². The molecule has 0 spiro atoms. The number of hydrogen-bond donors (Lipinski definition) is 1. The summed E-state index contributed by atoms with van der Waals surface area (Å²) in [5, 5.41) is 0. The van der Waals surface area contributed by atoms with Crippen molar-refractivity contribution >= 4 is 0 Å². The molecule has 0 aliphatic carbocycles. The highest BCUT2D eigenvalue weighted by Crippen LogP contribution is 2.18. The Balaban J connectivity index is 1.71. The van der Waals surface area contributed by atoms with Crippen molar-refractivity contribution < 1.29 is 18.3 Å². The molecule has 7 heteroatoms. The highest BCUT2D eigenvalue weighted by molar-refractivity contribution is 5.54. The summed E-state index contributed by atoms with van der Waals surface area (Å²) < 4.78 is 34.1. The number of aromatic amines is 1. The van der Waals surface area contributed by atoms with Gasteiger partial charge in [-0.1, -0.05) is 42.5 Å². The minimum absolute atomic E-state index is 0.0689. The van der Waals surface area contributed by atoms with Crippen LogP contribution in [0.25, 0.3) is 11.4 Å². The number of rotatable bonds is 6. The first-order valence-corrected chi connectivity index (χ1v) is 7.43. The number of halogens is 2. The van der Waals surface area contributed by atoms with E-state index >= 15 is 0 Å². The van der Waals surface area contributed by atoms with E-state index in [1.807, 2.05) is 30.3 Å². The standard InChI is InChI=1S/C18H14F2N2O3/c19-18(20)25-14-8-6-12(7-9-14)11-24-16-10-15(23)21-17(22-16)13-4-2-1-3-5-13/h1-10,18H,11H2,(H,21,22,23). The molecule has 5 nitrogen and oxygen atoms in total. The zero-order chi connectivity index (χ0) is 17.6. The van der Waals surface area contributed by atoms with Crippen molar-refractivity contribution in [2.45, 2.75) is 13.2 Å². The molecular weight excluding hydrogens is 330 g/mol. The molecule has 2 aromatic carbocycles. The molecule has 128 valence electrons. The van der Waals surface area contributed by atoms with Gasteiger partial charge in [-0.3, -0.25) is 4.79 Å². The predicted molar refractivity (Wildman–Crippen MR) is 87.7 cm³/mol. The van der Waals surface area contributed by atoms with Gasteiger partial charge in [0.05, 0.1) is 6.07 Å². The Hall–Kier alpha value is -3.22. The smallest absolute Gasteiger partial charge is 0.387 e. The molecule has 0 fully saturated rings. The molecule has 3 rings (SSSR count). The van der Waals surface area contributed by atoms with Crippen LogP contribution in [0.4, 0.5) is 8.78 Å². The van der Waals surface area contributed by atoms with Crippen LogP contribution >= 0.6 is 0 Å². The van der Waals surface area contributed by atoms with E-state index in [1.165, 1.54) is 18.2 Å². The molecule has 0 bridgehead atoms. The fourth-order valence-electron chi connectivity index (χ4n) is 2.17. The zero-order valence-electron chi connectivity index (χ0n) is 13.0. The van der Waals surface area contributed by atoms with Crippen molar-refractivity contribution in [3.05, 3.63) is 76.6 Å². The van der Waals surface area contributed by atoms with Crippen LogP contribution in [0.3, 0.4) is 0 Å². The minimum atomic E-state index is -2.86. The molecule has 0 saturated carbocycles. The van der Waals surface area contributed by atoms with Gasteiger partial charge in [0.1, 0.15) is 18.2 Å². The molecule has 25 heavy (non-hydrogen) atoms. The summed E-state index contributed by atoms with van der Waals surface area (Å²) in [7, 11) is 0. The molecule has 3 aromatic rings. The van der Waals surface area contributed by atoms with Gasteiger partial charge in [-0.2, -0.15) is 13.8 Å². The van der Waals surface area contributed by atoms with E-state index in [-0.39, 0.29) is 23.8 Å². The summed E-state index contributed by atoms with van der Waals surface area (Å²) >= 11 is 0. The van der Waals surface area contributed by atoms with Gasteiger partial charge in [-0.15, -0.1) is 0 Å². The molecule has 0 atom stereocenters. The summed E-state index contributed by atoms with van der Waals surface area (Å²) in [6, 6.07) is 16.5. The number of nitrogens with zero attached hydrogens (tertiary/aromatic N) is 1. The summed E-state index contributed by atoms with van der Waals surface area (Å²) in [5.74, 6) is 0.652. The lowest BCUT2D eigenvalue weighted by Crippen LogP contribution is -2.10. The van der Waals surface area contributed by atoms with Crippen molar-refractivity contribution in [2.75, 3.05) is 0 Å².